The third-order valence-electron chi connectivity index (χ3n) is 7.80. The SMILES string of the molecule is CC(=O)O[C@H]1C[C@H](n2c(=O)[nH]c(=O)c3cc4ccccc4cc32)O[C@@H]1CO[Si](C(C)C)(C(C)C)C(C)C. The number of rotatable bonds is 8. The Kier molecular flexibility index (Phi) is 7.78. The van der Waals surface area contributed by atoms with Gasteiger partial charge in [-0.1, -0.05) is 65.8 Å². The van der Waals surface area contributed by atoms with Crippen LogP contribution in [-0.4, -0.2) is 42.7 Å². The number of aromatic nitrogens is 2. The first-order valence-electron chi connectivity index (χ1n) is 13.1. The Labute approximate surface area is 218 Å². The van der Waals surface area contributed by atoms with Crippen LogP contribution in [0, 0.1) is 0 Å². The molecule has 0 saturated carbocycles. The van der Waals surface area contributed by atoms with Crippen LogP contribution in [0.3, 0.4) is 0 Å². The van der Waals surface area contributed by atoms with Gasteiger partial charge in [-0.25, -0.2) is 4.79 Å². The van der Waals surface area contributed by atoms with E-state index >= 15 is 0 Å². The normalized spacial score (nSPS) is 20.5. The van der Waals surface area contributed by atoms with Gasteiger partial charge in [0.15, 0.2) is 8.32 Å². The number of fused-ring (bicyclic) bond motifs is 2. The first-order chi connectivity index (χ1) is 17.5. The van der Waals surface area contributed by atoms with Gasteiger partial charge in [0.05, 0.1) is 17.5 Å². The van der Waals surface area contributed by atoms with E-state index in [4.69, 9.17) is 13.9 Å². The maximum atomic E-state index is 13.1. The van der Waals surface area contributed by atoms with Crippen LogP contribution in [0.25, 0.3) is 21.7 Å². The third kappa shape index (κ3) is 5.04. The summed E-state index contributed by atoms with van der Waals surface area (Å²) in [6.45, 7) is 14.9. The van der Waals surface area contributed by atoms with Crippen LogP contribution in [0.1, 0.15) is 61.1 Å². The van der Waals surface area contributed by atoms with Crippen LogP contribution in [0.5, 0.6) is 0 Å². The van der Waals surface area contributed by atoms with E-state index in [0.29, 0.717) is 27.5 Å². The van der Waals surface area contributed by atoms with Crippen LogP contribution in [-0.2, 0) is 18.7 Å². The first-order valence-corrected chi connectivity index (χ1v) is 15.2. The number of nitrogens with one attached hydrogen (secondary N) is 1. The monoisotopic (exact) mass is 526 g/mol. The van der Waals surface area contributed by atoms with Crippen LogP contribution in [0.15, 0.2) is 46.0 Å². The zero-order valence-electron chi connectivity index (χ0n) is 22.7. The average molecular weight is 527 g/mol. The fourth-order valence-corrected chi connectivity index (χ4v) is 11.8. The summed E-state index contributed by atoms with van der Waals surface area (Å²) in [6, 6.07) is 11.3. The topological polar surface area (TPSA) is 99.6 Å². The number of hydrogen-bond donors (Lipinski definition) is 1. The number of H-pyrrole nitrogens is 1. The molecule has 0 aliphatic carbocycles. The van der Waals surface area contributed by atoms with Gasteiger partial charge >= 0.3 is 11.7 Å². The summed E-state index contributed by atoms with van der Waals surface area (Å²) in [4.78, 5) is 40.2. The van der Waals surface area contributed by atoms with Gasteiger partial charge in [0, 0.05) is 13.3 Å². The standard InChI is InChI=1S/C28H38N2O6Si/c1-16(2)37(17(3)4,18(5)6)34-15-25-24(35-19(7)31)14-26(36-25)30-23-13-21-11-9-8-10-20(21)12-22(23)27(32)29-28(30)33/h8-13,16-18,24-26H,14-15H2,1-7H3,(H,29,32,33)/t24-,25+,26+/m0/s1. The minimum Gasteiger partial charge on any atom is -0.460 e. The molecule has 0 amide bonds. The van der Waals surface area contributed by atoms with Crippen molar-refractivity contribution in [2.45, 2.75) is 89.9 Å². The van der Waals surface area contributed by atoms with E-state index in [-0.39, 0.29) is 13.0 Å². The highest BCUT2D eigenvalue weighted by Crippen LogP contribution is 2.43. The molecule has 3 atom stereocenters. The number of hydrogen-bond acceptors (Lipinski definition) is 6. The van der Waals surface area contributed by atoms with Gasteiger partial charge in [-0.3, -0.25) is 19.1 Å². The number of carbonyl (C=O) groups excluding carboxylic acids is 1. The predicted molar refractivity (Wildman–Crippen MR) is 147 cm³/mol. The summed E-state index contributed by atoms with van der Waals surface area (Å²) in [5.41, 5.74) is 0.632. The smallest absolute Gasteiger partial charge is 0.330 e. The van der Waals surface area contributed by atoms with Gasteiger partial charge < -0.3 is 13.9 Å². The molecule has 0 radical (unpaired) electrons. The Hall–Kier alpha value is -2.75. The maximum Gasteiger partial charge on any atom is 0.330 e. The second-order valence-corrected chi connectivity index (χ2v) is 16.4. The minimum atomic E-state index is -2.20. The van der Waals surface area contributed by atoms with Gasteiger partial charge in [0.2, 0.25) is 0 Å². The maximum absolute atomic E-state index is 13.1. The molecule has 1 N–H and O–H groups in total. The molecular weight excluding hydrogens is 488 g/mol. The van der Waals surface area contributed by atoms with Crippen LogP contribution < -0.4 is 11.2 Å². The Bertz CT molecular complexity index is 1390. The predicted octanol–water partition coefficient (Wildman–Crippen LogP) is 5.25. The van der Waals surface area contributed by atoms with E-state index < -0.39 is 44.0 Å². The van der Waals surface area contributed by atoms with Gasteiger partial charge in [-0.05, 0) is 39.5 Å². The van der Waals surface area contributed by atoms with E-state index in [1.54, 1.807) is 6.07 Å². The summed E-state index contributed by atoms with van der Waals surface area (Å²) in [7, 11) is -2.20. The fraction of sp³-hybridized carbons (Fsp3) is 0.536. The summed E-state index contributed by atoms with van der Waals surface area (Å²) in [5, 5.41) is 2.21. The van der Waals surface area contributed by atoms with E-state index in [2.05, 4.69) is 46.5 Å². The van der Waals surface area contributed by atoms with E-state index in [9.17, 15) is 14.4 Å². The van der Waals surface area contributed by atoms with Gasteiger partial charge in [-0.2, -0.15) is 0 Å². The molecule has 3 aromatic rings. The molecule has 8 nitrogen and oxygen atoms in total. The highest BCUT2D eigenvalue weighted by molar-refractivity contribution is 6.77. The van der Waals surface area contributed by atoms with E-state index in [1.165, 1.54) is 11.5 Å². The van der Waals surface area contributed by atoms with E-state index in [1.807, 2.05) is 30.3 Å². The van der Waals surface area contributed by atoms with Gasteiger partial charge in [-0.15, -0.1) is 0 Å². The number of esters is 1. The summed E-state index contributed by atoms with van der Waals surface area (Å²) < 4.78 is 20.3. The molecule has 4 rings (SSSR count). The Balaban J connectivity index is 1.73. The summed E-state index contributed by atoms with van der Waals surface area (Å²) >= 11 is 0. The van der Waals surface area contributed by atoms with Crippen molar-refractivity contribution >= 4 is 36.0 Å². The van der Waals surface area contributed by atoms with Crippen molar-refractivity contribution in [3.63, 3.8) is 0 Å². The molecule has 9 heteroatoms. The molecule has 2 heterocycles. The lowest BCUT2D eigenvalue weighted by molar-refractivity contribution is -0.150. The molecule has 1 aliphatic rings. The van der Waals surface area contributed by atoms with Crippen molar-refractivity contribution in [2.24, 2.45) is 0 Å². The molecular formula is C28H38N2O6Si. The highest BCUT2D eigenvalue weighted by Gasteiger charge is 2.47. The first kappa shape index (κ1) is 27.3. The van der Waals surface area contributed by atoms with Crippen LogP contribution in [0.4, 0.5) is 0 Å². The number of ether oxygens (including phenoxy) is 2. The quantitative estimate of drug-likeness (QED) is 0.244. The lowest BCUT2D eigenvalue weighted by Crippen LogP contribution is -2.50. The van der Waals surface area contributed by atoms with Crippen molar-refractivity contribution in [1.29, 1.82) is 0 Å². The number of carbonyl (C=O) groups is 1. The molecule has 1 saturated heterocycles. The van der Waals surface area contributed by atoms with Gasteiger partial charge in [0.1, 0.15) is 18.4 Å². The summed E-state index contributed by atoms with van der Waals surface area (Å²) in [6.07, 6.45) is -1.55. The number of aromatic amines is 1. The molecule has 37 heavy (non-hydrogen) atoms. The van der Waals surface area contributed by atoms with Crippen molar-refractivity contribution in [1.82, 2.24) is 9.55 Å². The van der Waals surface area contributed by atoms with E-state index in [0.717, 1.165) is 10.8 Å². The molecule has 1 fully saturated rings. The largest absolute Gasteiger partial charge is 0.460 e. The average Bonchev–Trinajstić information content (AvgIpc) is 3.19. The Morgan fingerprint density at radius 2 is 1.65 bits per heavy atom. The van der Waals surface area contributed by atoms with Crippen molar-refractivity contribution in [3.05, 3.63) is 57.2 Å². The molecule has 0 bridgehead atoms. The molecule has 1 aliphatic heterocycles. The molecule has 200 valence electrons. The zero-order chi connectivity index (χ0) is 27.1. The molecule has 0 spiro atoms. The second kappa shape index (κ2) is 10.5. The lowest BCUT2D eigenvalue weighted by atomic mass is 10.1. The van der Waals surface area contributed by atoms with Crippen molar-refractivity contribution in [3.8, 4) is 0 Å². The van der Waals surface area contributed by atoms with Crippen molar-refractivity contribution < 1.29 is 18.7 Å². The highest BCUT2D eigenvalue weighted by atomic mass is 28.4. The molecule has 2 aromatic carbocycles. The Morgan fingerprint density at radius 3 is 2.22 bits per heavy atom. The van der Waals surface area contributed by atoms with Gasteiger partial charge in [0.25, 0.3) is 5.56 Å². The van der Waals surface area contributed by atoms with Crippen LogP contribution >= 0.6 is 0 Å². The fourth-order valence-electron chi connectivity index (χ4n) is 6.30. The third-order valence-corrected chi connectivity index (χ3v) is 13.9. The zero-order valence-corrected chi connectivity index (χ0v) is 23.7. The molecule has 0 unspecified atom stereocenters. The second-order valence-electron chi connectivity index (χ2n) is 11.0. The Morgan fingerprint density at radius 1 is 1.05 bits per heavy atom. The minimum absolute atomic E-state index is 0.272. The lowest BCUT2D eigenvalue weighted by Gasteiger charge is -2.42. The van der Waals surface area contributed by atoms with Crippen molar-refractivity contribution in [2.75, 3.05) is 6.61 Å². The number of benzene rings is 2. The number of nitrogens with zero attached hydrogens (tertiary/aromatic N) is 1. The van der Waals surface area contributed by atoms with Crippen LogP contribution in [0.2, 0.25) is 16.6 Å². The summed E-state index contributed by atoms with van der Waals surface area (Å²) in [5.74, 6) is -0.413. The molecule has 1 aromatic heterocycles.